The number of hydrogen-bond donors (Lipinski definition) is 2. The van der Waals surface area contributed by atoms with Gasteiger partial charge in [-0.25, -0.2) is 0 Å². The van der Waals surface area contributed by atoms with Crippen LogP contribution in [0.25, 0.3) is 22.0 Å². The topological polar surface area (TPSA) is 44.9 Å². The van der Waals surface area contributed by atoms with E-state index in [1.807, 2.05) is 30.3 Å². The van der Waals surface area contributed by atoms with E-state index in [4.69, 9.17) is 0 Å². The van der Waals surface area contributed by atoms with Crippen LogP contribution in [0.4, 0.5) is 0 Å². The monoisotopic (exact) mass is 290 g/mol. The Morgan fingerprint density at radius 3 is 2.68 bits per heavy atom. The minimum atomic E-state index is -0.0131. The lowest BCUT2D eigenvalue weighted by molar-refractivity contribution is 0.0932. The summed E-state index contributed by atoms with van der Waals surface area (Å²) in [5, 5.41) is 4.29. The third kappa shape index (κ3) is 1.86. The SMILES string of the molecule is CCCC1NC(=O)c2[nH]c3ccccc3c2-c2ccccc21. The predicted octanol–water partition coefficient (Wildman–Crippen LogP) is 4.42. The first kappa shape index (κ1) is 13.1. The lowest BCUT2D eigenvalue weighted by Gasteiger charge is -2.18. The fourth-order valence-corrected chi connectivity index (χ4v) is 3.45. The molecule has 1 aromatic heterocycles. The number of rotatable bonds is 2. The smallest absolute Gasteiger partial charge is 0.268 e. The second-order valence-electron chi connectivity index (χ2n) is 5.82. The van der Waals surface area contributed by atoms with Crippen LogP contribution in [-0.4, -0.2) is 10.9 Å². The molecule has 1 aliphatic heterocycles. The molecular formula is C19H18N2O. The van der Waals surface area contributed by atoms with E-state index < -0.39 is 0 Å². The van der Waals surface area contributed by atoms with Gasteiger partial charge in [0.15, 0.2) is 0 Å². The number of benzene rings is 2. The summed E-state index contributed by atoms with van der Waals surface area (Å²) in [6.45, 7) is 2.15. The fourth-order valence-electron chi connectivity index (χ4n) is 3.45. The summed E-state index contributed by atoms with van der Waals surface area (Å²) in [7, 11) is 0. The average molecular weight is 290 g/mol. The van der Waals surface area contributed by atoms with Crippen LogP contribution in [0.3, 0.4) is 0 Å². The summed E-state index contributed by atoms with van der Waals surface area (Å²) in [6.07, 6.45) is 1.99. The quantitative estimate of drug-likeness (QED) is 0.721. The molecule has 1 aliphatic rings. The van der Waals surface area contributed by atoms with Crippen molar-refractivity contribution in [2.75, 3.05) is 0 Å². The summed E-state index contributed by atoms with van der Waals surface area (Å²) >= 11 is 0. The van der Waals surface area contributed by atoms with Gasteiger partial charge >= 0.3 is 0 Å². The molecule has 0 bridgehead atoms. The second kappa shape index (κ2) is 5.02. The van der Waals surface area contributed by atoms with Crippen LogP contribution >= 0.6 is 0 Å². The minimum absolute atomic E-state index is 0.0131. The Labute approximate surface area is 129 Å². The van der Waals surface area contributed by atoms with Crippen molar-refractivity contribution < 1.29 is 4.79 Å². The van der Waals surface area contributed by atoms with Gasteiger partial charge in [0, 0.05) is 16.5 Å². The van der Waals surface area contributed by atoms with E-state index in [2.05, 4.69) is 35.4 Å². The normalized spacial score (nSPS) is 16.8. The van der Waals surface area contributed by atoms with Crippen LogP contribution < -0.4 is 5.32 Å². The maximum atomic E-state index is 12.7. The van der Waals surface area contributed by atoms with Crippen molar-refractivity contribution in [3.63, 3.8) is 0 Å². The van der Waals surface area contributed by atoms with Crippen LogP contribution in [0.15, 0.2) is 48.5 Å². The van der Waals surface area contributed by atoms with Gasteiger partial charge in [-0.2, -0.15) is 0 Å². The molecule has 2 N–H and O–H groups in total. The molecule has 1 unspecified atom stereocenters. The Hall–Kier alpha value is -2.55. The molecule has 4 rings (SSSR count). The Kier molecular flexibility index (Phi) is 3.00. The lowest BCUT2D eigenvalue weighted by atomic mass is 9.93. The zero-order valence-electron chi connectivity index (χ0n) is 12.5. The number of H-pyrrole nitrogens is 1. The lowest BCUT2D eigenvalue weighted by Crippen LogP contribution is -2.27. The molecule has 1 atom stereocenters. The molecule has 22 heavy (non-hydrogen) atoms. The maximum Gasteiger partial charge on any atom is 0.268 e. The van der Waals surface area contributed by atoms with E-state index in [-0.39, 0.29) is 11.9 Å². The molecule has 2 aromatic carbocycles. The van der Waals surface area contributed by atoms with E-state index >= 15 is 0 Å². The molecule has 0 radical (unpaired) electrons. The van der Waals surface area contributed by atoms with Gasteiger partial charge in [0.25, 0.3) is 5.91 Å². The fraction of sp³-hybridized carbons (Fsp3) is 0.211. The molecule has 0 saturated heterocycles. The number of para-hydroxylation sites is 1. The highest BCUT2D eigenvalue weighted by atomic mass is 16.2. The van der Waals surface area contributed by atoms with E-state index in [9.17, 15) is 4.79 Å². The number of hydrogen-bond acceptors (Lipinski definition) is 1. The summed E-state index contributed by atoms with van der Waals surface area (Å²) in [6, 6.07) is 16.5. The molecule has 2 heterocycles. The molecule has 0 fully saturated rings. The van der Waals surface area contributed by atoms with Gasteiger partial charge in [0.2, 0.25) is 0 Å². The van der Waals surface area contributed by atoms with Crippen molar-refractivity contribution in [2.45, 2.75) is 25.8 Å². The Morgan fingerprint density at radius 2 is 1.82 bits per heavy atom. The summed E-state index contributed by atoms with van der Waals surface area (Å²) in [4.78, 5) is 16.0. The first-order valence-corrected chi connectivity index (χ1v) is 7.80. The third-order valence-electron chi connectivity index (χ3n) is 4.42. The van der Waals surface area contributed by atoms with Crippen LogP contribution in [0.5, 0.6) is 0 Å². The van der Waals surface area contributed by atoms with Gasteiger partial charge in [0.05, 0.1) is 6.04 Å². The van der Waals surface area contributed by atoms with E-state index in [1.165, 1.54) is 5.56 Å². The van der Waals surface area contributed by atoms with Crippen molar-refractivity contribution in [2.24, 2.45) is 0 Å². The largest absolute Gasteiger partial charge is 0.350 e. The van der Waals surface area contributed by atoms with Gasteiger partial charge in [0.1, 0.15) is 5.69 Å². The highest BCUT2D eigenvalue weighted by Crippen LogP contribution is 2.39. The molecule has 0 saturated carbocycles. The van der Waals surface area contributed by atoms with Crippen molar-refractivity contribution in [3.8, 4) is 11.1 Å². The third-order valence-corrected chi connectivity index (χ3v) is 4.42. The number of nitrogens with one attached hydrogen (secondary N) is 2. The van der Waals surface area contributed by atoms with Crippen molar-refractivity contribution in [1.82, 2.24) is 10.3 Å². The van der Waals surface area contributed by atoms with Crippen molar-refractivity contribution >= 4 is 16.8 Å². The Morgan fingerprint density at radius 1 is 1.05 bits per heavy atom. The average Bonchev–Trinajstić information content (AvgIpc) is 2.89. The van der Waals surface area contributed by atoms with Gasteiger partial charge in [-0.3, -0.25) is 4.79 Å². The van der Waals surface area contributed by atoms with Gasteiger partial charge in [-0.15, -0.1) is 0 Å². The van der Waals surface area contributed by atoms with Crippen LogP contribution in [-0.2, 0) is 0 Å². The summed E-state index contributed by atoms with van der Waals surface area (Å²) in [5.41, 5.74) is 5.08. The van der Waals surface area contributed by atoms with Gasteiger partial charge < -0.3 is 10.3 Å². The minimum Gasteiger partial charge on any atom is -0.350 e. The number of fused-ring (bicyclic) bond motifs is 5. The maximum absolute atomic E-state index is 12.7. The van der Waals surface area contributed by atoms with E-state index in [1.54, 1.807) is 0 Å². The number of amides is 1. The zero-order valence-corrected chi connectivity index (χ0v) is 12.5. The van der Waals surface area contributed by atoms with Crippen molar-refractivity contribution in [1.29, 1.82) is 0 Å². The first-order chi connectivity index (χ1) is 10.8. The summed E-state index contributed by atoms with van der Waals surface area (Å²) < 4.78 is 0. The standard InChI is InChI=1S/C19H18N2O/c1-2-7-15-12-8-3-4-9-13(12)17-14-10-5-6-11-16(14)20-18(17)19(22)21-15/h3-6,8-11,15,20H,2,7H2,1H3,(H,21,22). The molecule has 3 aromatic rings. The zero-order chi connectivity index (χ0) is 15.1. The number of carbonyl (C=O) groups is 1. The highest BCUT2D eigenvalue weighted by molar-refractivity contribution is 6.11. The van der Waals surface area contributed by atoms with E-state index in [0.717, 1.165) is 34.9 Å². The van der Waals surface area contributed by atoms with Crippen LogP contribution in [0.1, 0.15) is 41.9 Å². The Balaban J connectivity index is 2.05. The number of aromatic nitrogens is 1. The van der Waals surface area contributed by atoms with Gasteiger partial charge in [-0.05, 0) is 23.6 Å². The summed E-state index contributed by atoms with van der Waals surface area (Å²) in [5.74, 6) is -0.0131. The number of aromatic amines is 1. The first-order valence-electron chi connectivity index (χ1n) is 7.80. The number of carbonyl (C=O) groups excluding carboxylic acids is 1. The van der Waals surface area contributed by atoms with Crippen molar-refractivity contribution in [3.05, 3.63) is 59.8 Å². The molecule has 3 nitrogen and oxygen atoms in total. The molecule has 0 aliphatic carbocycles. The van der Waals surface area contributed by atoms with E-state index in [0.29, 0.717) is 5.69 Å². The molecule has 1 amide bonds. The van der Waals surface area contributed by atoms with Gasteiger partial charge in [-0.1, -0.05) is 55.8 Å². The van der Waals surface area contributed by atoms with Crippen LogP contribution in [0.2, 0.25) is 0 Å². The molecule has 0 spiro atoms. The predicted molar refractivity (Wildman–Crippen MR) is 88.8 cm³/mol. The Bertz CT molecular complexity index is 863. The van der Waals surface area contributed by atoms with Crippen LogP contribution in [0, 0.1) is 0 Å². The molecule has 110 valence electrons. The second-order valence-corrected chi connectivity index (χ2v) is 5.82. The molecule has 3 heteroatoms. The highest BCUT2D eigenvalue weighted by Gasteiger charge is 2.28. The molecular weight excluding hydrogens is 272 g/mol.